The molecule has 1 aliphatic rings. The largest absolute Gasteiger partial charge is 0.334 e. The molecule has 0 radical (unpaired) electrons. The van der Waals surface area contributed by atoms with Gasteiger partial charge in [0.15, 0.2) is 0 Å². The third-order valence-corrected chi connectivity index (χ3v) is 4.60. The third kappa shape index (κ3) is 2.88. The van der Waals surface area contributed by atoms with Crippen LogP contribution >= 0.6 is 11.3 Å². The van der Waals surface area contributed by atoms with Crippen LogP contribution in [0.25, 0.3) is 0 Å². The summed E-state index contributed by atoms with van der Waals surface area (Å²) < 4.78 is 0. The van der Waals surface area contributed by atoms with Gasteiger partial charge < -0.3 is 4.90 Å². The Bertz CT molecular complexity index is 556. The zero-order chi connectivity index (χ0) is 13.8. The van der Waals surface area contributed by atoms with Crippen molar-refractivity contribution >= 4 is 17.2 Å². The number of nitrogens with zero attached hydrogens (tertiary/aromatic N) is 3. The summed E-state index contributed by atoms with van der Waals surface area (Å²) >= 11 is 1.71. The average molecular weight is 287 g/mol. The average Bonchev–Trinajstić information content (AvgIpc) is 3.17. The highest BCUT2D eigenvalue weighted by Gasteiger charge is 2.30. The number of carbonyl (C=O) groups excluding carboxylic acids is 1. The lowest BCUT2D eigenvalue weighted by atomic mass is 10.1. The van der Waals surface area contributed by atoms with Gasteiger partial charge in [0.2, 0.25) is 5.91 Å². The zero-order valence-electron chi connectivity index (χ0n) is 11.2. The predicted octanol–water partition coefficient (Wildman–Crippen LogP) is 2.83. The van der Waals surface area contributed by atoms with Gasteiger partial charge in [0, 0.05) is 30.2 Å². The number of carbonyl (C=O) groups is 1. The molecular weight excluding hydrogens is 270 g/mol. The molecule has 0 unspecified atom stereocenters. The SMILES string of the molecule is O=C(CCc1cccs1)N1CCC[C@H]1c1cnccn1. The summed E-state index contributed by atoms with van der Waals surface area (Å²) in [6.45, 7) is 0.838. The van der Waals surface area contributed by atoms with Gasteiger partial charge in [-0.1, -0.05) is 6.07 Å². The van der Waals surface area contributed by atoms with Crippen LogP contribution in [0.15, 0.2) is 36.1 Å². The van der Waals surface area contributed by atoms with Crippen molar-refractivity contribution in [2.45, 2.75) is 31.7 Å². The number of hydrogen-bond donors (Lipinski definition) is 0. The first-order chi connectivity index (χ1) is 9.84. The number of likely N-dealkylation sites (tertiary alicyclic amines) is 1. The minimum absolute atomic E-state index is 0.111. The van der Waals surface area contributed by atoms with E-state index in [9.17, 15) is 4.79 Å². The maximum absolute atomic E-state index is 12.4. The number of hydrogen-bond acceptors (Lipinski definition) is 4. The van der Waals surface area contributed by atoms with Gasteiger partial charge in [-0.05, 0) is 30.7 Å². The molecule has 1 atom stereocenters. The van der Waals surface area contributed by atoms with E-state index in [4.69, 9.17) is 0 Å². The summed E-state index contributed by atoms with van der Waals surface area (Å²) in [5.74, 6) is 0.228. The molecule has 20 heavy (non-hydrogen) atoms. The number of aromatic nitrogens is 2. The Morgan fingerprint density at radius 1 is 1.45 bits per heavy atom. The van der Waals surface area contributed by atoms with Gasteiger partial charge in [0.05, 0.1) is 17.9 Å². The molecule has 4 nitrogen and oxygen atoms in total. The molecule has 0 N–H and O–H groups in total. The molecule has 1 aliphatic heterocycles. The van der Waals surface area contributed by atoms with E-state index in [-0.39, 0.29) is 11.9 Å². The summed E-state index contributed by atoms with van der Waals surface area (Å²) in [5, 5.41) is 2.05. The number of amides is 1. The lowest BCUT2D eigenvalue weighted by Gasteiger charge is -2.24. The van der Waals surface area contributed by atoms with Crippen LogP contribution in [0.5, 0.6) is 0 Å². The first-order valence-corrected chi connectivity index (χ1v) is 7.80. The highest BCUT2D eigenvalue weighted by atomic mass is 32.1. The minimum Gasteiger partial charge on any atom is -0.334 e. The van der Waals surface area contributed by atoms with Crippen LogP contribution in [0.1, 0.15) is 35.9 Å². The fraction of sp³-hybridized carbons (Fsp3) is 0.400. The van der Waals surface area contributed by atoms with Crippen molar-refractivity contribution in [2.24, 2.45) is 0 Å². The van der Waals surface area contributed by atoms with E-state index in [2.05, 4.69) is 21.4 Å². The smallest absolute Gasteiger partial charge is 0.223 e. The molecule has 3 rings (SSSR count). The summed E-state index contributed by atoms with van der Waals surface area (Å²) in [6.07, 6.45) is 8.59. The number of rotatable bonds is 4. The molecule has 1 fully saturated rings. The van der Waals surface area contributed by atoms with Crippen LogP contribution in [-0.4, -0.2) is 27.3 Å². The molecular formula is C15H17N3OS. The Labute approximate surface area is 122 Å². The van der Waals surface area contributed by atoms with E-state index in [0.717, 1.165) is 31.5 Å². The second-order valence-corrected chi connectivity index (χ2v) is 5.99. The topological polar surface area (TPSA) is 46.1 Å². The quantitative estimate of drug-likeness (QED) is 0.868. The van der Waals surface area contributed by atoms with Crippen molar-refractivity contribution in [1.82, 2.24) is 14.9 Å². The van der Waals surface area contributed by atoms with Crippen LogP contribution in [0.4, 0.5) is 0 Å². The fourth-order valence-corrected chi connectivity index (χ4v) is 3.39. The molecule has 1 amide bonds. The maximum Gasteiger partial charge on any atom is 0.223 e. The van der Waals surface area contributed by atoms with E-state index < -0.39 is 0 Å². The van der Waals surface area contributed by atoms with Gasteiger partial charge in [0.25, 0.3) is 0 Å². The van der Waals surface area contributed by atoms with E-state index in [1.54, 1.807) is 29.9 Å². The van der Waals surface area contributed by atoms with Crippen molar-refractivity contribution < 1.29 is 4.79 Å². The molecule has 0 aliphatic carbocycles. The van der Waals surface area contributed by atoms with Crippen molar-refractivity contribution in [3.63, 3.8) is 0 Å². The Hall–Kier alpha value is -1.75. The standard InChI is InChI=1S/C15H17N3OS/c19-15(6-5-12-3-2-10-20-12)18-9-1-4-14(18)13-11-16-7-8-17-13/h2-3,7-8,10-11,14H,1,4-6,9H2/t14-/m0/s1. The lowest BCUT2D eigenvalue weighted by Crippen LogP contribution is -2.31. The molecule has 0 saturated carbocycles. The molecule has 2 aromatic heterocycles. The number of aryl methyl sites for hydroxylation is 1. The van der Waals surface area contributed by atoms with Gasteiger partial charge in [0.1, 0.15) is 0 Å². The summed E-state index contributed by atoms with van der Waals surface area (Å²) in [5.41, 5.74) is 0.912. The van der Waals surface area contributed by atoms with Gasteiger partial charge in [-0.15, -0.1) is 11.3 Å². The Kier molecular flexibility index (Phi) is 4.06. The van der Waals surface area contributed by atoms with Crippen molar-refractivity contribution in [1.29, 1.82) is 0 Å². The van der Waals surface area contributed by atoms with E-state index >= 15 is 0 Å². The highest BCUT2D eigenvalue weighted by Crippen LogP contribution is 2.31. The second kappa shape index (κ2) is 6.13. The first kappa shape index (κ1) is 13.2. The summed E-state index contributed by atoms with van der Waals surface area (Å²) in [7, 11) is 0. The van der Waals surface area contributed by atoms with Crippen LogP contribution in [0.3, 0.4) is 0 Å². The summed E-state index contributed by atoms with van der Waals surface area (Å²) in [4.78, 5) is 24.1. The van der Waals surface area contributed by atoms with E-state index in [0.29, 0.717) is 6.42 Å². The molecule has 0 aromatic carbocycles. The number of thiophene rings is 1. The first-order valence-electron chi connectivity index (χ1n) is 6.92. The van der Waals surface area contributed by atoms with Crippen molar-refractivity contribution in [3.05, 3.63) is 46.7 Å². The summed E-state index contributed by atoms with van der Waals surface area (Å²) in [6, 6.07) is 4.23. The van der Waals surface area contributed by atoms with Crippen molar-refractivity contribution in [3.8, 4) is 0 Å². The van der Waals surface area contributed by atoms with Gasteiger partial charge in [-0.3, -0.25) is 14.8 Å². The molecule has 0 bridgehead atoms. The van der Waals surface area contributed by atoms with Gasteiger partial charge in [-0.25, -0.2) is 0 Å². The molecule has 1 saturated heterocycles. The van der Waals surface area contributed by atoms with Crippen molar-refractivity contribution in [2.75, 3.05) is 6.54 Å². The highest BCUT2D eigenvalue weighted by molar-refractivity contribution is 7.09. The van der Waals surface area contributed by atoms with Crippen LogP contribution in [0.2, 0.25) is 0 Å². The normalized spacial score (nSPS) is 18.4. The zero-order valence-corrected chi connectivity index (χ0v) is 12.1. The molecule has 2 aromatic rings. The molecule has 0 spiro atoms. The Morgan fingerprint density at radius 3 is 3.15 bits per heavy atom. The lowest BCUT2D eigenvalue weighted by molar-refractivity contribution is -0.132. The monoisotopic (exact) mass is 287 g/mol. The Balaban J connectivity index is 1.64. The Morgan fingerprint density at radius 2 is 2.40 bits per heavy atom. The van der Waals surface area contributed by atoms with Crippen LogP contribution in [0, 0.1) is 0 Å². The molecule has 5 heteroatoms. The maximum atomic E-state index is 12.4. The minimum atomic E-state index is 0.111. The molecule has 104 valence electrons. The fourth-order valence-electron chi connectivity index (χ4n) is 2.68. The van der Waals surface area contributed by atoms with Gasteiger partial charge >= 0.3 is 0 Å². The second-order valence-electron chi connectivity index (χ2n) is 4.95. The van der Waals surface area contributed by atoms with E-state index in [1.807, 2.05) is 11.0 Å². The predicted molar refractivity (Wildman–Crippen MR) is 78.4 cm³/mol. The van der Waals surface area contributed by atoms with Crippen LogP contribution in [-0.2, 0) is 11.2 Å². The molecule has 3 heterocycles. The van der Waals surface area contributed by atoms with Gasteiger partial charge in [-0.2, -0.15) is 0 Å². The third-order valence-electron chi connectivity index (χ3n) is 3.66. The van der Waals surface area contributed by atoms with E-state index in [1.165, 1.54) is 4.88 Å². The van der Waals surface area contributed by atoms with Crippen LogP contribution < -0.4 is 0 Å².